The molecule has 3 aromatic rings. The minimum atomic E-state index is -0.507. The van der Waals surface area contributed by atoms with Crippen LogP contribution in [0.5, 0.6) is 0 Å². The molecule has 9 heteroatoms. The van der Waals surface area contributed by atoms with Crippen LogP contribution < -0.4 is 10.6 Å². The fourth-order valence-electron chi connectivity index (χ4n) is 3.02. The molecule has 2 N–H and O–H groups in total. The average molecular weight is 355 g/mol. The van der Waals surface area contributed by atoms with Gasteiger partial charge in [0.15, 0.2) is 11.5 Å². The van der Waals surface area contributed by atoms with E-state index in [9.17, 15) is 9.18 Å². The smallest absolute Gasteiger partial charge is 0.276 e. The second-order valence-corrected chi connectivity index (χ2v) is 6.14. The average Bonchev–Trinajstić information content (AvgIpc) is 3.35. The predicted molar refractivity (Wildman–Crippen MR) is 92.6 cm³/mol. The topological polar surface area (TPSA) is 89.7 Å². The molecule has 8 nitrogen and oxygen atoms in total. The van der Waals surface area contributed by atoms with E-state index in [0.717, 1.165) is 25.9 Å². The molecule has 0 radical (unpaired) electrons. The highest BCUT2D eigenvalue weighted by Crippen LogP contribution is 2.19. The van der Waals surface area contributed by atoms with Crippen molar-refractivity contribution in [2.45, 2.75) is 18.9 Å². The number of carbonyl (C=O) groups excluding carboxylic acids is 1. The molecular formula is C17H18FN7O. The SMILES string of the molecule is O=C(Nc1ccc(-n2cncn2)c(F)c1)c1ccn(C2CCCNC2)n1. The van der Waals surface area contributed by atoms with Crippen molar-refractivity contribution in [1.82, 2.24) is 29.9 Å². The third-order valence-electron chi connectivity index (χ3n) is 4.36. The lowest BCUT2D eigenvalue weighted by atomic mass is 10.1. The molecule has 1 amide bonds. The number of piperidine rings is 1. The number of nitrogens with one attached hydrogen (secondary N) is 2. The van der Waals surface area contributed by atoms with E-state index in [1.807, 2.05) is 4.68 Å². The van der Waals surface area contributed by atoms with E-state index in [1.54, 1.807) is 18.3 Å². The van der Waals surface area contributed by atoms with E-state index in [2.05, 4.69) is 25.8 Å². The molecule has 0 bridgehead atoms. The Balaban J connectivity index is 1.46. The Kier molecular flexibility index (Phi) is 4.44. The van der Waals surface area contributed by atoms with Gasteiger partial charge in [-0.15, -0.1) is 0 Å². The van der Waals surface area contributed by atoms with Gasteiger partial charge in [-0.1, -0.05) is 0 Å². The van der Waals surface area contributed by atoms with Crippen LogP contribution in [-0.2, 0) is 0 Å². The van der Waals surface area contributed by atoms with Crippen molar-refractivity contribution in [3.8, 4) is 5.69 Å². The molecule has 2 aromatic heterocycles. The highest BCUT2D eigenvalue weighted by molar-refractivity contribution is 6.02. The molecule has 1 aromatic carbocycles. The molecule has 4 rings (SSSR count). The summed E-state index contributed by atoms with van der Waals surface area (Å²) in [6, 6.07) is 6.32. The Morgan fingerprint density at radius 2 is 2.27 bits per heavy atom. The summed E-state index contributed by atoms with van der Waals surface area (Å²) in [6.07, 6.45) is 6.66. The molecule has 1 unspecified atom stereocenters. The molecule has 1 atom stereocenters. The number of amides is 1. The number of carbonyl (C=O) groups is 1. The van der Waals surface area contributed by atoms with Crippen LogP contribution in [0.4, 0.5) is 10.1 Å². The maximum absolute atomic E-state index is 14.2. The second kappa shape index (κ2) is 7.04. The van der Waals surface area contributed by atoms with E-state index >= 15 is 0 Å². The molecule has 0 spiro atoms. The lowest BCUT2D eigenvalue weighted by Crippen LogP contribution is -2.32. The number of benzene rings is 1. The molecular weight excluding hydrogens is 337 g/mol. The number of anilines is 1. The first-order valence-corrected chi connectivity index (χ1v) is 8.42. The van der Waals surface area contributed by atoms with E-state index in [-0.39, 0.29) is 17.6 Å². The Bertz CT molecular complexity index is 900. The fraction of sp³-hybridized carbons (Fsp3) is 0.294. The standard InChI is InChI=1S/C17H18FN7O/c18-14-8-12(3-4-16(14)25-11-20-10-21-25)22-17(26)15-5-7-24(23-15)13-2-1-6-19-9-13/h3-5,7-8,10-11,13,19H,1-2,6,9H2,(H,22,26). The van der Waals surface area contributed by atoms with E-state index in [1.165, 1.54) is 29.5 Å². The highest BCUT2D eigenvalue weighted by atomic mass is 19.1. The number of halogens is 1. The monoisotopic (exact) mass is 355 g/mol. The summed E-state index contributed by atoms with van der Waals surface area (Å²) < 4.78 is 17.4. The number of aromatic nitrogens is 5. The zero-order valence-corrected chi connectivity index (χ0v) is 14.0. The van der Waals surface area contributed by atoms with E-state index < -0.39 is 5.82 Å². The van der Waals surface area contributed by atoms with Crippen LogP contribution in [0, 0.1) is 5.82 Å². The zero-order valence-electron chi connectivity index (χ0n) is 14.0. The van der Waals surface area contributed by atoms with Crippen LogP contribution in [0.25, 0.3) is 5.69 Å². The summed E-state index contributed by atoms with van der Waals surface area (Å²) in [6.45, 7) is 1.86. The lowest BCUT2D eigenvalue weighted by Gasteiger charge is -2.22. The van der Waals surface area contributed by atoms with Crippen molar-refractivity contribution >= 4 is 11.6 Å². The largest absolute Gasteiger partial charge is 0.320 e. The maximum atomic E-state index is 14.2. The van der Waals surface area contributed by atoms with E-state index in [4.69, 9.17) is 0 Å². The minimum absolute atomic E-state index is 0.254. The summed E-state index contributed by atoms with van der Waals surface area (Å²) in [5, 5.41) is 14.2. The molecule has 134 valence electrons. The van der Waals surface area contributed by atoms with Crippen molar-refractivity contribution in [1.29, 1.82) is 0 Å². The molecule has 1 aliphatic rings. The van der Waals surface area contributed by atoms with E-state index in [0.29, 0.717) is 11.4 Å². The lowest BCUT2D eigenvalue weighted by molar-refractivity contribution is 0.102. The van der Waals surface area contributed by atoms with Gasteiger partial charge in [0.1, 0.15) is 18.3 Å². The number of hydrogen-bond donors (Lipinski definition) is 2. The third-order valence-corrected chi connectivity index (χ3v) is 4.36. The predicted octanol–water partition coefficient (Wildman–Crippen LogP) is 1.78. The van der Waals surface area contributed by atoms with Crippen molar-refractivity contribution in [2.24, 2.45) is 0 Å². The molecule has 1 fully saturated rings. The zero-order chi connectivity index (χ0) is 17.9. The van der Waals surface area contributed by atoms with Crippen molar-refractivity contribution in [3.05, 3.63) is 54.6 Å². The summed E-state index contributed by atoms with van der Waals surface area (Å²) >= 11 is 0. The first kappa shape index (κ1) is 16.4. The number of rotatable bonds is 4. The van der Waals surface area contributed by atoms with Gasteiger partial charge in [0, 0.05) is 18.4 Å². The summed E-state index contributed by atoms with van der Waals surface area (Å²) in [5.41, 5.74) is 0.913. The van der Waals surface area contributed by atoms with Crippen LogP contribution in [0.1, 0.15) is 29.4 Å². The van der Waals surface area contributed by atoms with Crippen LogP contribution in [0.3, 0.4) is 0 Å². The molecule has 3 heterocycles. The van der Waals surface area contributed by atoms with Gasteiger partial charge in [0.2, 0.25) is 0 Å². The van der Waals surface area contributed by atoms with Crippen LogP contribution in [0.2, 0.25) is 0 Å². The Labute approximate surface area is 149 Å². The Morgan fingerprint density at radius 3 is 3.00 bits per heavy atom. The highest BCUT2D eigenvalue weighted by Gasteiger charge is 2.18. The van der Waals surface area contributed by atoms with Gasteiger partial charge in [-0.3, -0.25) is 9.48 Å². The van der Waals surface area contributed by atoms with Gasteiger partial charge in [-0.25, -0.2) is 14.1 Å². The van der Waals surface area contributed by atoms with Crippen molar-refractivity contribution in [2.75, 3.05) is 18.4 Å². The van der Waals surface area contributed by atoms with Gasteiger partial charge in [0.25, 0.3) is 5.91 Å². The normalized spacial score (nSPS) is 17.2. The molecule has 0 aliphatic carbocycles. The molecule has 0 saturated carbocycles. The number of hydrogen-bond acceptors (Lipinski definition) is 5. The van der Waals surface area contributed by atoms with Gasteiger partial charge in [0.05, 0.1) is 6.04 Å². The van der Waals surface area contributed by atoms with Crippen LogP contribution in [-0.4, -0.2) is 43.5 Å². The third kappa shape index (κ3) is 3.33. The fourth-order valence-corrected chi connectivity index (χ4v) is 3.02. The summed E-state index contributed by atoms with van der Waals surface area (Å²) in [7, 11) is 0. The van der Waals surface area contributed by atoms with Gasteiger partial charge in [-0.2, -0.15) is 10.2 Å². The van der Waals surface area contributed by atoms with Gasteiger partial charge >= 0.3 is 0 Å². The summed E-state index contributed by atoms with van der Waals surface area (Å²) in [5.74, 6) is -0.882. The molecule has 1 aliphatic heterocycles. The Morgan fingerprint density at radius 1 is 1.35 bits per heavy atom. The first-order chi connectivity index (χ1) is 12.7. The number of nitrogens with zero attached hydrogens (tertiary/aromatic N) is 5. The van der Waals surface area contributed by atoms with Crippen LogP contribution in [0.15, 0.2) is 43.1 Å². The van der Waals surface area contributed by atoms with Crippen molar-refractivity contribution < 1.29 is 9.18 Å². The summed E-state index contributed by atoms with van der Waals surface area (Å²) in [4.78, 5) is 16.2. The quantitative estimate of drug-likeness (QED) is 0.745. The Hall–Kier alpha value is -3.07. The van der Waals surface area contributed by atoms with Crippen molar-refractivity contribution in [3.63, 3.8) is 0 Å². The maximum Gasteiger partial charge on any atom is 0.276 e. The second-order valence-electron chi connectivity index (χ2n) is 6.14. The van der Waals surface area contributed by atoms with Gasteiger partial charge < -0.3 is 10.6 Å². The minimum Gasteiger partial charge on any atom is -0.320 e. The first-order valence-electron chi connectivity index (χ1n) is 8.42. The molecule has 1 saturated heterocycles. The van der Waals surface area contributed by atoms with Gasteiger partial charge in [-0.05, 0) is 43.7 Å². The molecule has 26 heavy (non-hydrogen) atoms. The van der Waals surface area contributed by atoms with Crippen LogP contribution >= 0.6 is 0 Å².